The van der Waals surface area contributed by atoms with Crippen molar-refractivity contribution in [3.63, 3.8) is 0 Å². The molecule has 0 fully saturated rings. The van der Waals surface area contributed by atoms with E-state index in [2.05, 4.69) is 190 Å². The second-order valence-electron chi connectivity index (χ2n) is 13.5. The molecule has 1 aliphatic rings. The zero-order valence-electron chi connectivity index (χ0n) is 27.8. The molecule has 3 aromatic heterocycles. The normalized spacial score (nSPS) is 14.8. The van der Waals surface area contributed by atoms with Crippen LogP contribution in [0.4, 0.5) is 0 Å². The molecule has 0 N–H and O–H groups in total. The Morgan fingerprint density at radius 2 is 1.00 bits per heavy atom. The molecule has 51 heavy (non-hydrogen) atoms. The Hall–Kier alpha value is -6.65. The first-order chi connectivity index (χ1) is 25.3. The maximum absolute atomic E-state index is 5.38. The van der Waals surface area contributed by atoms with Crippen LogP contribution in [-0.4, -0.2) is 19.5 Å². The van der Waals surface area contributed by atoms with E-state index in [1.807, 2.05) is 0 Å². The van der Waals surface area contributed by atoms with Crippen LogP contribution in [0.2, 0.25) is 0 Å². The van der Waals surface area contributed by atoms with Crippen molar-refractivity contribution in [3.05, 3.63) is 182 Å². The third-order valence-corrected chi connectivity index (χ3v) is 10.7. The van der Waals surface area contributed by atoms with Crippen LogP contribution in [0.5, 0.6) is 0 Å². The number of rotatable bonds is 3. The second kappa shape index (κ2) is 10.9. The predicted octanol–water partition coefficient (Wildman–Crippen LogP) is 11.9. The molecule has 0 saturated carbocycles. The van der Waals surface area contributed by atoms with E-state index in [9.17, 15) is 0 Å². The van der Waals surface area contributed by atoms with E-state index in [1.54, 1.807) is 0 Å². The van der Waals surface area contributed by atoms with Gasteiger partial charge < -0.3 is 9.13 Å². The Labute approximate surface area is 294 Å². The van der Waals surface area contributed by atoms with Crippen molar-refractivity contribution >= 4 is 71.3 Å². The lowest BCUT2D eigenvalue weighted by Crippen LogP contribution is -2.14. The Morgan fingerprint density at radius 3 is 1.73 bits per heavy atom. The van der Waals surface area contributed by atoms with Crippen LogP contribution in [0.25, 0.3) is 76.8 Å². The monoisotopic (exact) mass is 652 g/mol. The van der Waals surface area contributed by atoms with Crippen LogP contribution in [0.1, 0.15) is 18.0 Å². The summed E-state index contributed by atoms with van der Waals surface area (Å²) >= 11 is 0. The third kappa shape index (κ3) is 4.11. The average Bonchev–Trinajstić information content (AvgIpc) is 3.83. The van der Waals surface area contributed by atoms with Gasteiger partial charge in [0.05, 0.1) is 39.1 Å². The standard InChI is InChI=1S/C47H32N4/c1-4-15-31(16-5-1)39-23-14-26-45(48-39)51-40-24-12-10-21-34(40)37-29-43-38(30-44(37)51)35-27-28-42-46(47(35)50(43)33-19-8-3-9-20-33)36-22-11-13-25-41(36)49(42)32-17-6-2-7-18-32/h1-22,24-30,39H,23H2. The van der Waals surface area contributed by atoms with E-state index in [0.717, 1.165) is 23.6 Å². The highest BCUT2D eigenvalue weighted by atomic mass is 15.1. The Balaban J connectivity index is 1.28. The summed E-state index contributed by atoms with van der Waals surface area (Å²) in [5.74, 6) is 0.973. The van der Waals surface area contributed by atoms with Gasteiger partial charge in [0.15, 0.2) is 0 Å². The Morgan fingerprint density at radius 1 is 0.431 bits per heavy atom. The van der Waals surface area contributed by atoms with Crippen LogP contribution in [0.3, 0.4) is 0 Å². The van der Waals surface area contributed by atoms with Gasteiger partial charge in [-0.15, -0.1) is 0 Å². The van der Waals surface area contributed by atoms with Gasteiger partial charge >= 0.3 is 0 Å². The van der Waals surface area contributed by atoms with E-state index < -0.39 is 0 Å². The molecule has 7 aromatic carbocycles. The summed E-state index contributed by atoms with van der Waals surface area (Å²) < 4.78 is 7.27. The highest BCUT2D eigenvalue weighted by Crippen LogP contribution is 2.44. The summed E-state index contributed by atoms with van der Waals surface area (Å²) in [7, 11) is 0. The molecule has 0 saturated heterocycles. The molecule has 10 aromatic rings. The largest absolute Gasteiger partial charge is 0.309 e. The smallest absolute Gasteiger partial charge is 0.132 e. The zero-order valence-corrected chi connectivity index (χ0v) is 27.8. The maximum Gasteiger partial charge on any atom is 0.132 e. The van der Waals surface area contributed by atoms with Crippen LogP contribution >= 0.6 is 0 Å². The van der Waals surface area contributed by atoms with Crippen molar-refractivity contribution < 1.29 is 0 Å². The molecule has 240 valence electrons. The quantitative estimate of drug-likeness (QED) is 0.182. The van der Waals surface area contributed by atoms with Crippen molar-refractivity contribution in [2.75, 3.05) is 0 Å². The summed E-state index contributed by atoms with van der Waals surface area (Å²) in [4.78, 5) is 5.38. The van der Waals surface area contributed by atoms with Crippen molar-refractivity contribution in [2.45, 2.75) is 12.5 Å². The van der Waals surface area contributed by atoms with Gasteiger partial charge in [0.1, 0.15) is 5.84 Å². The lowest BCUT2D eigenvalue weighted by atomic mass is 10.0. The molecule has 11 rings (SSSR count). The number of allylic oxidation sites excluding steroid dienone is 1. The first-order valence-electron chi connectivity index (χ1n) is 17.7. The van der Waals surface area contributed by atoms with Crippen molar-refractivity contribution in [2.24, 2.45) is 4.99 Å². The van der Waals surface area contributed by atoms with Gasteiger partial charge in [-0.05, 0) is 72.7 Å². The fraction of sp³-hybridized carbons (Fsp3) is 0.0426. The van der Waals surface area contributed by atoms with Crippen LogP contribution < -0.4 is 0 Å². The molecule has 0 spiro atoms. The number of benzene rings is 7. The van der Waals surface area contributed by atoms with Crippen LogP contribution in [-0.2, 0) is 0 Å². The van der Waals surface area contributed by atoms with E-state index in [-0.39, 0.29) is 6.04 Å². The molecule has 4 nitrogen and oxygen atoms in total. The maximum atomic E-state index is 5.38. The topological polar surface area (TPSA) is 27.1 Å². The molecule has 0 bridgehead atoms. The third-order valence-electron chi connectivity index (χ3n) is 10.7. The Kier molecular flexibility index (Phi) is 6.05. The number of fused-ring (bicyclic) bond motifs is 10. The van der Waals surface area contributed by atoms with Gasteiger partial charge in [0, 0.05) is 43.7 Å². The molecule has 0 radical (unpaired) electrons. The lowest BCUT2D eigenvalue weighted by Gasteiger charge is -2.18. The van der Waals surface area contributed by atoms with Crippen molar-refractivity contribution in [3.8, 4) is 11.4 Å². The SMILES string of the molecule is C1=CC(n2c3ccccc3c3cc4c(cc32)c2ccc3c(c5ccccc5n3-c3ccccc3)c2n4-c2ccccc2)=NC(c2ccccc2)C1. The molecule has 4 heteroatoms. The minimum Gasteiger partial charge on any atom is -0.309 e. The minimum absolute atomic E-state index is 0.0846. The van der Waals surface area contributed by atoms with Crippen LogP contribution in [0, 0.1) is 0 Å². The first-order valence-corrected chi connectivity index (χ1v) is 17.7. The molecule has 0 amide bonds. The lowest BCUT2D eigenvalue weighted by molar-refractivity contribution is 0.731. The molecule has 0 aliphatic carbocycles. The number of aromatic nitrogens is 3. The van der Waals surface area contributed by atoms with E-state index in [0.29, 0.717) is 0 Å². The fourth-order valence-electron chi connectivity index (χ4n) is 8.54. The fourth-order valence-corrected chi connectivity index (χ4v) is 8.54. The van der Waals surface area contributed by atoms with Gasteiger partial charge in [0.25, 0.3) is 0 Å². The number of nitrogens with zero attached hydrogens (tertiary/aromatic N) is 4. The van der Waals surface area contributed by atoms with Crippen molar-refractivity contribution in [1.29, 1.82) is 0 Å². The second-order valence-corrected chi connectivity index (χ2v) is 13.5. The summed E-state index contributed by atoms with van der Waals surface area (Å²) in [5, 5.41) is 7.41. The molecular formula is C47H32N4. The summed E-state index contributed by atoms with van der Waals surface area (Å²) in [6.07, 6.45) is 5.37. The number of dihydropyridines is 1. The predicted molar refractivity (Wildman–Crippen MR) is 214 cm³/mol. The number of hydrogen-bond donors (Lipinski definition) is 0. The summed E-state index contributed by atoms with van der Waals surface area (Å²) in [5.41, 5.74) is 10.7. The van der Waals surface area contributed by atoms with Gasteiger partial charge in [-0.3, -0.25) is 9.56 Å². The molecule has 1 unspecified atom stereocenters. The van der Waals surface area contributed by atoms with E-state index >= 15 is 0 Å². The molecule has 1 atom stereocenters. The number of para-hydroxylation sites is 4. The van der Waals surface area contributed by atoms with Gasteiger partial charge in [-0.25, -0.2) is 0 Å². The highest BCUT2D eigenvalue weighted by Gasteiger charge is 2.24. The van der Waals surface area contributed by atoms with E-state index in [4.69, 9.17) is 4.99 Å². The van der Waals surface area contributed by atoms with Gasteiger partial charge in [-0.2, -0.15) is 0 Å². The van der Waals surface area contributed by atoms with E-state index in [1.165, 1.54) is 71.0 Å². The Bertz CT molecular complexity index is 3030. The zero-order chi connectivity index (χ0) is 33.5. The molecule has 1 aliphatic heterocycles. The minimum atomic E-state index is 0.0846. The summed E-state index contributed by atoms with van der Waals surface area (Å²) in [6.45, 7) is 0. The van der Waals surface area contributed by atoms with Crippen molar-refractivity contribution in [1.82, 2.24) is 13.7 Å². The highest BCUT2D eigenvalue weighted by molar-refractivity contribution is 6.28. The summed E-state index contributed by atoms with van der Waals surface area (Å²) in [6, 6.07) is 59.4. The molecule has 4 heterocycles. The van der Waals surface area contributed by atoms with Gasteiger partial charge in [-0.1, -0.05) is 115 Å². The molecular weight excluding hydrogens is 621 g/mol. The number of hydrogen-bond acceptors (Lipinski definition) is 1. The average molecular weight is 653 g/mol. The first kappa shape index (κ1) is 28.2. The number of aliphatic imine (C=N–C) groups is 1. The van der Waals surface area contributed by atoms with Crippen LogP contribution in [0.15, 0.2) is 181 Å². The van der Waals surface area contributed by atoms with Gasteiger partial charge in [0.2, 0.25) is 0 Å².